The fourth-order valence-corrected chi connectivity index (χ4v) is 2.28. The normalized spacial score (nSPS) is 11.5. The van der Waals surface area contributed by atoms with Crippen LogP contribution in [0.3, 0.4) is 0 Å². The van der Waals surface area contributed by atoms with E-state index in [1.165, 1.54) is 43.3 Å². The zero-order valence-corrected chi connectivity index (χ0v) is 14.6. The molecule has 2 aromatic carbocycles. The summed E-state index contributed by atoms with van der Waals surface area (Å²) < 4.78 is 5.10. The molecule has 130 valence electrons. The molecule has 0 bridgehead atoms. The van der Waals surface area contributed by atoms with Gasteiger partial charge in [-0.2, -0.15) is 0 Å². The Kier molecular flexibility index (Phi) is 6.01. The van der Waals surface area contributed by atoms with Crippen LogP contribution >= 0.6 is 23.2 Å². The lowest BCUT2D eigenvalue weighted by Gasteiger charge is -2.14. The predicted molar refractivity (Wildman–Crippen MR) is 94.9 cm³/mol. The van der Waals surface area contributed by atoms with Crippen LogP contribution in [0.1, 0.15) is 27.6 Å². The average molecular weight is 381 g/mol. The highest BCUT2D eigenvalue weighted by atomic mass is 35.5. The summed E-state index contributed by atoms with van der Waals surface area (Å²) in [6.45, 7) is 1.42. The zero-order valence-electron chi connectivity index (χ0n) is 13.1. The predicted octanol–water partition coefficient (Wildman–Crippen LogP) is 3.28. The molecule has 0 fully saturated rings. The number of carbonyl (C=O) groups is 3. The van der Waals surface area contributed by atoms with Gasteiger partial charge in [0, 0.05) is 11.3 Å². The lowest BCUT2D eigenvalue weighted by molar-refractivity contribution is -0.123. The first-order valence-electron chi connectivity index (χ1n) is 7.15. The van der Waals surface area contributed by atoms with Gasteiger partial charge in [-0.15, -0.1) is 0 Å². The van der Waals surface area contributed by atoms with E-state index in [1.807, 2.05) is 0 Å². The molecule has 2 rings (SSSR count). The molecule has 0 aliphatic heterocycles. The first-order chi connectivity index (χ1) is 11.8. The minimum absolute atomic E-state index is 0.0591. The van der Waals surface area contributed by atoms with Gasteiger partial charge in [0.15, 0.2) is 6.10 Å². The number of esters is 1. The number of amides is 2. The maximum Gasteiger partial charge on any atom is 0.340 e. The first-order valence-corrected chi connectivity index (χ1v) is 7.91. The van der Waals surface area contributed by atoms with E-state index in [2.05, 4.69) is 5.32 Å². The van der Waals surface area contributed by atoms with Crippen LogP contribution in [-0.2, 0) is 9.53 Å². The number of carbonyl (C=O) groups excluding carboxylic acids is 3. The Morgan fingerprint density at radius 1 is 1.08 bits per heavy atom. The van der Waals surface area contributed by atoms with E-state index >= 15 is 0 Å². The third-order valence-electron chi connectivity index (χ3n) is 3.26. The van der Waals surface area contributed by atoms with Gasteiger partial charge in [-0.1, -0.05) is 29.3 Å². The highest BCUT2D eigenvalue weighted by Gasteiger charge is 2.21. The summed E-state index contributed by atoms with van der Waals surface area (Å²) in [4.78, 5) is 35.2. The molecule has 2 aromatic rings. The number of hydrogen-bond acceptors (Lipinski definition) is 4. The van der Waals surface area contributed by atoms with Crippen molar-refractivity contribution in [2.75, 3.05) is 5.32 Å². The fourth-order valence-electron chi connectivity index (χ4n) is 1.90. The van der Waals surface area contributed by atoms with Crippen molar-refractivity contribution in [2.24, 2.45) is 5.73 Å². The molecule has 3 N–H and O–H groups in total. The van der Waals surface area contributed by atoms with Gasteiger partial charge in [-0.25, -0.2) is 4.79 Å². The fraction of sp³-hybridized carbons (Fsp3) is 0.118. The number of benzene rings is 2. The van der Waals surface area contributed by atoms with Crippen LogP contribution in [0.5, 0.6) is 0 Å². The Morgan fingerprint density at radius 3 is 2.32 bits per heavy atom. The molecule has 0 radical (unpaired) electrons. The van der Waals surface area contributed by atoms with Crippen molar-refractivity contribution in [3.63, 3.8) is 0 Å². The van der Waals surface area contributed by atoms with E-state index < -0.39 is 23.9 Å². The van der Waals surface area contributed by atoms with Gasteiger partial charge in [-0.3, -0.25) is 9.59 Å². The number of ether oxygens (including phenoxy) is 1. The van der Waals surface area contributed by atoms with Crippen molar-refractivity contribution in [1.82, 2.24) is 0 Å². The van der Waals surface area contributed by atoms with Gasteiger partial charge in [0.1, 0.15) is 0 Å². The van der Waals surface area contributed by atoms with Crippen LogP contribution in [0.2, 0.25) is 10.0 Å². The lowest BCUT2D eigenvalue weighted by atomic mass is 10.2. The van der Waals surface area contributed by atoms with Crippen LogP contribution in [0.15, 0.2) is 42.5 Å². The van der Waals surface area contributed by atoms with Crippen molar-refractivity contribution in [1.29, 1.82) is 0 Å². The van der Waals surface area contributed by atoms with Gasteiger partial charge < -0.3 is 15.8 Å². The van der Waals surface area contributed by atoms with Crippen LogP contribution in [0.25, 0.3) is 0 Å². The van der Waals surface area contributed by atoms with E-state index in [9.17, 15) is 14.4 Å². The number of nitrogens with two attached hydrogens (primary N) is 1. The molecule has 0 aromatic heterocycles. The second-order valence-electron chi connectivity index (χ2n) is 5.08. The molecular formula is C17H14Cl2N2O4. The van der Waals surface area contributed by atoms with E-state index in [0.717, 1.165) is 0 Å². The number of hydrogen-bond donors (Lipinski definition) is 2. The standard InChI is InChI=1S/C17H14Cl2N2O4/c1-9(25-17(24)12-3-2-4-13(18)14(12)19)16(23)21-11-7-5-10(6-8-11)15(20)22/h2-9H,1H3,(H2,20,22)(H,21,23)/t9-/m0/s1. The van der Waals surface area contributed by atoms with Crippen molar-refractivity contribution in [3.05, 3.63) is 63.6 Å². The molecule has 2 amide bonds. The van der Waals surface area contributed by atoms with Gasteiger partial charge >= 0.3 is 5.97 Å². The number of anilines is 1. The van der Waals surface area contributed by atoms with Crippen molar-refractivity contribution < 1.29 is 19.1 Å². The van der Waals surface area contributed by atoms with E-state index in [0.29, 0.717) is 11.3 Å². The third kappa shape index (κ3) is 4.71. The second kappa shape index (κ2) is 8.00. The molecule has 0 saturated heterocycles. The van der Waals surface area contributed by atoms with Crippen molar-refractivity contribution in [2.45, 2.75) is 13.0 Å². The van der Waals surface area contributed by atoms with Crippen LogP contribution in [0.4, 0.5) is 5.69 Å². The largest absolute Gasteiger partial charge is 0.449 e. The summed E-state index contributed by atoms with van der Waals surface area (Å²) in [5, 5.41) is 2.83. The molecule has 25 heavy (non-hydrogen) atoms. The SMILES string of the molecule is C[C@H](OC(=O)c1cccc(Cl)c1Cl)C(=O)Nc1ccc(C(N)=O)cc1. The highest BCUT2D eigenvalue weighted by Crippen LogP contribution is 2.26. The van der Waals surface area contributed by atoms with Crippen molar-refractivity contribution >= 4 is 46.7 Å². The average Bonchev–Trinajstić information content (AvgIpc) is 2.57. The molecule has 0 unspecified atom stereocenters. The summed E-state index contributed by atoms with van der Waals surface area (Å²) in [6, 6.07) is 10.5. The van der Waals surface area contributed by atoms with Crippen molar-refractivity contribution in [3.8, 4) is 0 Å². The Balaban J connectivity index is 2.01. The van der Waals surface area contributed by atoms with Crippen LogP contribution in [0, 0.1) is 0 Å². The summed E-state index contributed by atoms with van der Waals surface area (Å²) in [5.74, 6) is -1.88. The van der Waals surface area contributed by atoms with E-state index in [4.69, 9.17) is 33.7 Å². The van der Waals surface area contributed by atoms with Gasteiger partial charge in [0.2, 0.25) is 5.91 Å². The summed E-state index contributed by atoms with van der Waals surface area (Å²) >= 11 is 11.8. The molecule has 1 atom stereocenters. The maximum atomic E-state index is 12.1. The molecule has 0 spiro atoms. The molecule has 6 nitrogen and oxygen atoms in total. The maximum absolute atomic E-state index is 12.1. The number of rotatable bonds is 5. The molecule has 0 aliphatic carbocycles. The number of primary amides is 1. The third-order valence-corrected chi connectivity index (χ3v) is 4.08. The van der Waals surface area contributed by atoms with Crippen LogP contribution < -0.4 is 11.1 Å². The number of halogens is 2. The molecule has 8 heteroatoms. The van der Waals surface area contributed by atoms with Crippen LogP contribution in [-0.4, -0.2) is 23.9 Å². The topological polar surface area (TPSA) is 98.5 Å². The molecule has 0 heterocycles. The Labute approximate surface area is 153 Å². The molecule has 0 saturated carbocycles. The summed E-state index contributed by atoms with van der Waals surface area (Å²) in [5.41, 5.74) is 5.95. The molecular weight excluding hydrogens is 367 g/mol. The first kappa shape index (κ1) is 18.8. The number of nitrogens with one attached hydrogen (secondary N) is 1. The second-order valence-corrected chi connectivity index (χ2v) is 5.86. The zero-order chi connectivity index (χ0) is 18.6. The van der Waals surface area contributed by atoms with Gasteiger partial charge in [-0.05, 0) is 43.3 Å². The Morgan fingerprint density at radius 2 is 1.72 bits per heavy atom. The Hall–Kier alpha value is -2.57. The smallest absolute Gasteiger partial charge is 0.340 e. The van der Waals surface area contributed by atoms with Gasteiger partial charge in [0.05, 0.1) is 15.6 Å². The van der Waals surface area contributed by atoms with E-state index in [1.54, 1.807) is 6.07 Å². The highest BCUT2D eigenvalue weighted by molar-refractivity contribution is 6.43. The summed E-state index contributed by atoms with van der Waals surface area (Å²) in [6.07, 6.45) is -1.07. The quantitative estimate of drug-likeness (QED) is 0.777. The van der Waals surface area contributed by atoms with Gasteiger partial charge in [0.25, 0.3) is 5.91 Å². The molecule has 0 aliphatic rings. The minimum Gasteiger partial charge on any atom is -0.449 e. The monoisotopic (exact) mass is 380 g/mol. The van der Waals surface area contributed by atoms with E-state index in [-0.39, 0.29) is 15.6 Å². The summed E-state index contributed by atoms with van der Waals surface area (Å²) in [7, 11) is 0. The Bertz CT molecular complexity index is 822. The minimum atomic E-state index is -1.07. The lowest BCUT2D eigenvalue weighted by Crippen LogP contribution is -2.30.